The largest absolute Gasteiger partial charge is 0.756 e. The molecule has 0 aliphatic carbocycles. The summed E-state index contributed by atoms with van der Waals surface area (Å²) in [5.41, 5.74) is 21.5. The molecule has 3 unspecified atom stereocenters. The maximum Gasteiger partial charge on any atom is 0.270 e. The number of rotatable bonds is 61. The van der Waals surface area contributed by atoms with Crippen LogP contribution in [-0.4, -0.2) is 122 Å². The first-order valence-corrected chi connectivity index (χ1v) is 37.9. The van der Waals surface area contributed by atoms with Crippen LogP contribution in [0.5, 0.6) is 0 Å². The van der Waals surface area contributed by atoms with Crippen LogP contribution in [0.2, 0.25) is 0 Å². The summed E-state index contributed by atoms with van der Waals surface area (Å²) in [6.45, 7) is 8.93. The number of carbonyl (C=O) groups is 3. The number of phosphoric acid groups is 3. The molecular weight excluding hydrogens is 1200 g/mol. The van der Waals surface area contributed by atoms with E-state index in [2.05, 4.69) is 65.6 Å². The zero-order valence-corrected chi connectivity index (χ0v) is 57.8. The van der Waals surface area contributed by atoms with Crippen molar-refractivity contribution in [1.29, 1.82) is 0 Å². The molecular formula is C60H125N9O16P3-3. The van der Waals surface area contributed by atoms with E-state index >= 15 is 0 Å². The molecule has 25 nitrogen and oxygen atoms in total. The van der Waals surface area contributed by atoms with Crippen LogP contribution in [-0.2, 0) is 50.7 Å². The molecule has 0 rings (SSSR count). The molecule has 0 bridgehead atoms. The monoisotopic (exact) mass is 1320 g/mol. The lowest BCUT2D eigenvalue weighted by atomic mass is 10.1. The third-order valence-electron chi connectivity index (χ3n) is 14.2. The Hall–Kier alpha value is -2.76. The Morgan fingerprint density at radius 2 is 0.761 bits per heavy atom. The number of guanidine groups is 2. The molecule has 88 heavy (non-hydrogen) atoms. The minimum absolute atomic E-state index is 0.0113. The van der Waals surface area contributed by atoms with Crippen LogP contribution in [0.25, 0.3) is 0 Å². The molecule has 3 atom stereocenters. The molecule has 0 aliphatic heterocycles. The molecule has 0 saturated carbocycles. The van der Waals surface area contributed by atoms with E-state index in [0.29, 0.717) is 84.1 Å². The van der Waals surface area contributed by atoms with E-state index in [1.54, 1.807) is 9.80 Å². The van der Waals surface area contributed by atoms with Gasteiger partial charge >= 0.3 is 0 Å². The maximum absolute atomic E-state index is 13.6. The third-order valence-corrected chi connectivity index (χ3v) is 16.4. The predicted octanol–water partition coefficient (Wildman–Crippen LogP) is 10.4. The van der Waals surface area contributed by atoms with Gasteiger partial charge in [-0.25, -0.2) is 0 Å². The van der Waals surface area contributed by atoms with Gasteiger partial charge in [0.2, 0.25) is 17.7 Å². The lowest BCUT2D eigenvalue weighted by Crippen LogP contribution is -2.39. The average Bonchev–Trinajstić information content (AvgIpc) is 3.56. The number of nitrogens with one attached hydrogen (secondary N) is 1. The molecule has 0 spiro atoms. The van der Waals surface area contributed by atoms with Crippen molar-refractivity contribution in [1.82, 2.24) is 15.1 Å². The van der Waals surface area contributed by atoms with Gasteiger partial charge in [-0.05, 0) is 51.4 Å². The van der Waals surface area contributed by atoms with Gasteiger partial charge in [-0.1, -0.05) is 214 Å². The molecule has 28 heteroatoms. The molecule has 0 aromatic carbocycles. The highest BCUT2D eigenvalue weighted by molar-refractivity contribution is 7.46. The van der Waals surface area contributed by atoms with Crippen LogP contribution < -0.4 is 42.9 Å². The van der Waals surface area contributed by atoms with Crippen molar-refractivity contribution in [3.63, 3.8) is 0 Å². The number of amides is 3. The second kappa shape index (κ2) is 64.3. The standard InChI is InChI=1S/C34H72N9O16P3.2C13H28/c35-33(36)40-20-10-1-4-12-22-42(24-17-30(45)39-19-9-3-6-14-26-55-61(51,52)57-28-44)32(47)18-25-43(23-13-5-2-11-21-41-34(37)38)31(46)16-8-7-15-27-56-62(53,54)59-29-58-60(48,49)50;2*1-3-5-7-9-11-13-12-10-8-6-4-2/h44H,1-29H2,(H,39,45)(H,51,52)(H,53,54)(H4,35,36,40)(H4,37,38,41)(H2,48,49,50);2*3-13H2,1-2H3/p-3. The number of nitrogens with zero attached hydrogens (tertiary/aromatic N) is 4. The lowest BCUT2D eigenvalue weighted by Gasteiger charge is -2.26. The first-order chi connectivity index (χ1) is 42.1. The Morgan fingerprint density at radius 3 is 1.16 bits per heavy atom. The van der Waals surface area contributed by atoms with Crippen LogP contribution in [0.15, 0.2) is 9.98 Å². The minimum Gasteiger partial charge on any atom is -0.756 e. The lowest BCUT2D eigenvalue weighted by molar-refractivity contribution is -0.241. The van der Waals surface area contributed by atoms with E-state index in [9.17, 15) is 42.8 Å². The van der Waals surface area contributed by atoms with Gasteiger partial charge in [-0.15, -0.1) is 0 Å². The molecule has 524 valence electrons. The van der Waals surface area contributed by atoms with Gasteiger partial charge in [0.05, 0.1) is 13.2 Å². The van der Waals surface area contributed by atoms with Crippen molar-refractivity contribution >= 4 is 53.1 Å². The number of phosphoric ester groups is 3. The van der Waals surface area contributed by atoms with Gasteiger partial charge in [-0.3, -0.25) is 51.6 Å². The average molecular weight is 1320 g/mol. The molecule has 0 saturated heterocycles. The SMILES string of the molecule is CCCCCCCCCCCCC.CCCCCCCCCCCCC.NC(N)=NCCCCCCN(CCC(=O)NCCCCCCOP(=O)([O-])OCO)C(=O)CCN(CCCCCCN=C(N)N)C(=O)CCCCCOP(=O)([O-])OCOP(=O)([O-])O. The van der Waals surface area contributed by atoms with Gasteiger partial charge in [0.25, 0.3) is 23.5 Å². The van der Waals surface area contributed by atoms with Crippen LogP contribution in [0.3, 0.4) is 0 Å². The Balaban J connectivity index is -0.00000227. The first kappa shape index (κ1) is 89.4. The smallest absolute Gasteiger partial charge is 0.270 e. The molecule has 0 heterocycles. The van der Waals surface area contributed by atoms with E-state index in [1.807, 2.05) is 0 Å². The highest BCUT2D eigenvalue weighted by atomic mass is 31.2. The van der Waals surface area contributed by atoms with Gasteiger partial charge < -0.3 is 71.8 Å². The fraction of sp³-hybridized carbons (Fsp3) is 0.917. The highest BCUT2D eigenvalue weighted by Crippen LogP contribution is 2.41. The summed E-state index contributed by atoms with van der Waals surface area (Å²) >= 11 is 0. The second-order valence-electron chi connectivity index (χ2n) is 22.3. The summed E-state index contributed by atoms with van der Waals surface area (Å²) in [4.78, 5) is 93.0. The number of aliphatic imine (C=N–C) groups is 2. The first-order valence-electron chi connectivity index (χ1n) is 33.5. The zero-order valence-electron chi connectivity index (χ0n) is 55.1. The Morgan fingerprint density at radius 1 is 0.420 bits per heavy atom. The van der Waals surface area contributed by atoms with Crippen molar-refractivity contribution in [3.05, 3.63) is 0 Å². The number of aliphatic hydroxyl groups is 1. The number of carbonyl (C=O) groups excluding carboxylic acids is 3. The normalized spacial score (nSPS) is 13.1. The minimum atomic E-state index is -5.18. The summed E-state index contributed by atoms with van der Waals surface area (Å²) in [7, 11) is -14.6. The van der Waals surface area contributed by atoms with Crippen LogP contribution in [0.4, 0.5) is 0 Å². The molecule has 0 aromatic rings. The van der Waals surface area contributed by atoms with E-state index in [4.69, 9.17) is 32.9 Å². The van der Waals surface area contributed by atoms with E-state index in [-0.39, 0.29) is 81.6 Å². The number of unbranched alkanes of at least 4 members (excludes halogenated alkanes) is 31. The molecule has 11 N–H and O–H groups in total. The fourth-order valence-corrected chi connectivity index (χ4v) is 10.5. The number of nitrogens with two attached hydrogens (primary N) is 4. The van der Waals surface area contributed by atoms with Gasteiger partial charge in [0.1, 0.15) is 0 Å². The van der Waals surface area contributed by atoms with Crippen molar-refractivity contribution < 1.29 is 75.4 Å². The summed E-state index contributed by atoms with van der Waals surface area (Å²) in [5.74, 6) is -0.621. The second-order valence-corrected chi connectivity index (χ2v) is 26.3. The van der Waals surface area contributed by atoms with Crippen LogP contribution in [0, 0.1) is 0 Å². The quantitative estimate of drug-likeness (QED) is 0.00978. The predicted molar refractivity (Wildman–Crippen MR) is 347 cm³/mol. The Bertz CT molecular complexity index is 1790. The summed E-state index contributed by atoms with van der Waals surface area (Å²) in [6.07, 6.45) is 41.6. The van der Waals surface area contributed by atoms with Gasteiger partial charge in [-0.2, -0.15) is 0 Å². The van der Waals surface area contributed by atoms with Crippen molar-refractivity contribution in [3.8, 4) is 0 Å². The van der Waals surface area contributed by atoms with E-state index in [1.165, 1.54) is 141 Å². The molecule has 0 fully saturated rings. The van der Waals surface area contributed by atoms with Crippen molar-refractivity contribution in [2.75, 3.05) is 72.6 Å². The zero-order chi connectivity index (χ0) is 66.3. The molecule has 3 amide bonds. The van der Waals surface area contributed by atoms with Crippen molar-refractivity contribution in [2.45, 2.75) is 285 Å². The number of hydrogen-bond acceptors (Lipinski definition) is 17. The molecule has 0 aromatic heterocycles. The number of aliphatic hydroxyl groups excluding tert-OH is 1. The number of hydrogen-bond donors (Lipinski definition) is 7. The maximum atomic E-state index is 13.6. The van der Waals surface area contributed by atoms with Crippen LogP contribution >= 0.6 is 23.5 Å². The van der Waals surface area contributed by atoms with Gasteiger partial charge in [0.15, 0.2) is 25.5 Å². The summed E-state index contributed by atoms with van der Waals surface area (Å²) in [5, 5.41) is 11.4. The van der Waals surface area contributed by atoms with E-state index < -0.39 is 37.1 Å². The molecule has 0 radical (unpaired) electrons. The van der Waals surface area contributed by atoms with E-state index in [0.717, 1.165) is 38.5 Å². The van der Waals surface area contributed by atoms with Crippen molar-refractivity contribution in [2.24, 2.45) is 32.9 Å². The van der Waals surface area contributed by atoms with Crippen LogP contribution in [0.1, 0.15) is 285 Å². The summed E-state index contributed by atoms with van der Waals surface area (Å²) < 4.78 is 55.0. The van der Waals surface area contributed by atoms with Gasteiger partial charge in [0, 0.05) is 65.1 Å². The molecule has 0 aliphatic rings. The third kappa shape index (κ3) is 70.7. The Kier molecular flexibility index (Phi) is 65.4. The fourth-order valence-electron chi connectivity index (χ4n) is 9.04. The topological polar surface area (TPSA) is 406 Å². The Labute approximate surface area is 531 Å². The highest BCUT2D eigenvalue weighted by Gasteiger charge is 2.20. The summed E-state index contributed by atoms with van der Waals surface area (Å²) in [6, 6.07) is 0.